The lowest BCUT2D eigenvalue weighted by molar-refractivity contribution is -0.141. The molecule has 0 aromatic heterocycles. The van der Waals surface area contributed by atoms with Gasteiger partial charge in [0.2, 0.25) is 0 Å². The lowest BCUT2D eigenvalue weighted by Crippen LogP contribution is -2.16. The molecule has 0 aromatic rings. The van der Waals surface area contributed by atoms with Crippen molar-refractivity contribution in [2.75, 3.05) is 0 Å². The summed E-state index contributed by atoms with van der Waals surface area (Å²) in [4.78, 5) is 11.0. The van der Waals surface area contributed by atoms with Crippen molar-refractivity contribution in [3.05, 3.63) is 0 Å². The average Bonchev–Trinajstić information content (AvgIpc) is 2.08. The predicted molar refractivity (Wildman–Crippen MR) is 55.6 cm³/mol. The number of ether oxygens (including phenoxy) is 1. The Morgan fingerprint density at radius 3 is 2.60 bits per heavy atom. The third kappa shape index (κ3) is 1.75. The Morgan fingerprint density at radius 2 is 2.40 bits per heavy atom. The van der Waals surface area contributed by atoms with Crippen molar-refractivity contribution in [1.82, 2.24) is 0 Å². The number of cyclic esters (lactones) is 1. The monoisotopic (exact) mass is 366 g/mol. The van der Waals surface area contributed by atoms with Crippen molar-refractivity contribution in [3.8, 4) is 0 Å². The van der Waals surface area contributed by atoms with Crippen LogP contribution in [0.3, 0.4) is 0 Å². The van der Waals surface area contributed by atoms with Crippen LogP contribution in [0, 0.1) is 0 Å². The SMILES string of the molecule is CCC1CC(I)(I)C(=O)O1. The van der Waals surface area contributed by atoms with Crippen LogP contribution in [0.1, 0.15) is 19.8 Å². The summed E-state index contributed by atoms with van der Waals surface area (Å²) in [6, 6.07) is 0. The molecule has 1 heterocycles. The molecule has 0 aliphatic carbocycles. The van der Waals surface area contributed by atoms with Crippen molar-refractivity contribution in [3.63, 3.8) is 0 Å². The highest BCUT2D eigenvalue weighted by molar-refractivity contribution is 14.2. The highest BCUT2D eigenvalue weighted by Gasteiger charge is 2.44. The highest BCUT2D eigenvalue weighted by atomic mass is 127. The molecule has 4 heteroatoms. The second-order valence-electron chi connectivity index (χ2n) is 2.34. The largest absolute Gasteiger partial charge is 0.461 e. The molecular formula is C6H8I2O2. The van der Waals surface area contributed by atoms with Crippen LogP contribution in [0.2, 0.25) is 0 Å². The van der Waals surface area contributed by atoms with Crippen molar-refractivity contribution >= 4 is 51.2 Å². The molecule has 0 aromatic carbocycles. The zero-order chi connectivity index (χ0) is 7.78. The molecule has 1 aliphatic rings. The van der Waals surface area contributed by atoms with Gasteiger partial charge in [-0.2, -0.15) is 0 Å². The van der Waals surface area contributed by atoms with E-state index in [-0.39, 0.29) is 13.5 Å². The smallest absolute Gasteiger partial charge is 0.332 e. The summed E-state index contributed by atoms with van der Waals surface area (Å²) >= 11 is 4.29. The minimum absolute atomic E-state index is 0.0689. The molecule has 2 nitrogen and oxygen atoms in total. The topological polar surface area (TPSA) is 26.3 Å². The standard InChI is InChI=1S/C6H8I2O2/c1-2-4-3-6(7,8)5(9)10-4/h4H,2-3H2,1H3. The Labute approximate surface area is 87.4 Å². The van der Waals surface area contributed by atoms with E-state index in [1.165, 1.54) is 0 Å². The quantitative estimate of drug-likeness (QED) is 0.405. The van der Waals surface area contributed by atoms with E-state index >= 15 is 0 Å². The van der Waals surface area contributed by atoms with Crippen LogP contribution >= 0.6 is 45.2 Å². The van der Waals surface area contributed by atoms with Crippen LogP contribution in [0.5, 0.6) is 0 Å². The number of hydrogen-bond acceptors (Lipinski definition) is 2. The molecule has 58 valence electrons. The van der Waals surface area contributed by atoms with Gasteiger partial charge < -0.3 is 4.74 Å². The van der Waals surface area contributed by atoms with Gasteiger partial charge in [0, 0.05) is 6.42 Å². The summed E-state index contributed by atoms with van der Waals surface area (Å²) in [7, 11) is 0. The van der Waals surface area contributed by atoms with Gasteiger partial charge in [0.1, 0.15) is 6.10 Å². The number of carbonyl (C=O) groups is 1. The van der Waals surface area contributed by atoms with Crippen molar-refractivity contribution in [2.45, 2.75) is 27.3 Å². The molecule has 1 atom stereocenters. The number of carbonyl (C=O) groups excluding carboxylic acids is 1. The van der Waals surface area contributed by atoms with E-state index in [1.54, 1.807) is 0 Å². The van der Waals surface area contributed by atoms with Gasteiger partial charge in [0.05, 0.1) is 0 Å². The van der Waals surface area contributed by atoms with Crippen molar-refractivity contribution in [1.29, 1.82) is 0 Å². The number of halogens is 2. The minimum atomic E-state index is -0.295. The average molecular weight is 366 g/mol. The lowest BCUT2D eigenvalue weighted by Gasteiger charge is -2.04. The molecule has 0 spiro atoms. The van der Waals surface area contributed by atoms with Crippen LogP contribution in [-0.4, -0.2) is 13.5 Å². The molecule has 0 radical (unpaired) electrons. The first kappa shape index (κ1) is 9.02. The highest BCUT2D eigenvalue weighted by Crippen LogP contribution is 2.41. The fourth-order valence-corrected chi connectivity index (χ4v) is 2.11. The molecular weight excluding hydrogens is 358 g/mol. The Kier molecular flexibility index (Phi) is 2.82. The van der Waals surface area contributed by atoms with E-state index in [4.69, 9.17) is 4.74 Å². The molecule has 10 heavy (non-hydrogen) atoms. The molecule has 0 bridgehead atoms. The van der Waals surface area contributed by atoms with E-state index in [0.29, 0.717) is 0 Å². The lowest BCUT2D eigenvalue weighted by atomic mass is 10.2. The summed E-state index contributed by atoms with van der Waals surface area (Å²) < 4.78 is 4.78. The first-order chi connectivity index (χ1) is 4.56. The van der Waals surface area contributed by atoms with Gasteiger partial charge in [0.25, 0.3) is 0 Å². The van der Waals surface area contributed by atoms with Crippen LogP contribution < -0.4 is 0 Å². The zero-order valence-electron chi connectivity index (χ0n) is 5.56. The van der Waals surface area contributed by atoms with Crippen LogP contribution in [0.4, 0.5) is 0 Å². The number of esters is 1. The molecule has 1 unspecified atom stereocenters. The van der Waals surface area contributed by atoms with Crippen LogP contribution in [-0.2, 0) is 9.53 Å². The van der Waals surface area contributed by atoms with Crippen LogP contribution in [0.15, 0.2) is 0 Å². The normalized spacial score (nSPS) is 30.3. The number of hydrogen-bond donors (Lipinski definition) is 0. The van der Waals surface area contributed by atoms with Gasteiger partial charge in [-0.15, -0.1) is 0 Å². The minimum Gasteiger partial charge on any atom is -0.461 e. The molecule has 1 rings (SSSR count). The summed E-state index contributed by atoms with van der Waals surface area (Å²) in [6.45, 7) is 2.03. The summed E-state index contributed by atoms with van der Waals surface area (Å²) in [5, 5.41) is 0. The van der Waals surface area contributed by atoms with Gasteiger partial charge in [-0.25, -0.2) is 4.79 Å². The van der Waals surface area contributed by atoms with Crippen LogP contribution in [0.25, 0.3) is 0 Å². The fourth-order valence-electron chi connectivity index (χ4n) is 0.876. The molecule has 1 fully saturated rings. The third-order valence-electron chi connectivity index (χ3n) is 1.51. The van der Waals surface area contributed by atoms with E-state index in [9.17, 15) is 4.79 Å². The summed E-state index contributed by atoms with van der Waals surface area (Å²) in [6.07, 6.45) is 1.93. The third-order valence-corrected chi connectivity index (χ3v) is 3.27. The maximum Gasteiger partial charge on any atom is 0.332 e. The Morgan fingerprint density at radius 1 is 1.80 bits per heavy atom. The molecule has 0 saturated carbocycles. The molecule has 1 aliphatic heterocycles. The van der Waals surface area contributed by atoms with E-state index < -0.39 is 0 Å². The number of rotatable bonds is 1. The predicted octanol–water partition coefficient (Wildman–Crippen LogP) is 2.28. The summed E-state index contributed by atoms with van der Waals surface area (Å²) in [5.74, 6) is -0.0689. The van der Waals surface area contributed by atoms with Gasteiger partial charge in [-0.1, -0.05) is 52.1 Å². The summed E-state index contributed by atoms with van der Waals surface area (Å²) in [5.41, 5.74) is 0. The number of alkyl halides is 2. The van der Waals surface area contributed by atoms with E-state index in [2.05, 4.69) is 45.2 Å². The fraction of sp³-hybridized carbons (Fsp3) is 0.833. The molecule has 1 saturated heterocycles. The maximum atomic E-state index is 11.0. The first-order valence-electron chi connectivity index (χ1n) is 3.15. The van der Waals surface area contributed by atoms with Gasteiger partial charge >= 0.3 is 5.97 Å². The van der Waals surface area contributed by atoms with Gasteiger partial charge in [-0.3, -0.25) is 0 Å². The first-order valence-corrected chi connectivity index (χ1v) is 5.31. The van der Waals surface area contributed by atoms with Crippen molar-refractivity contribution in [2.24, 2.45) is 0 Å². The van der Waals surface area contributed by atoms with Gasteiger partial charge in [0.15, 0.2) is 1.43 Å². The van der Waals surface area contributed by atoms with E-state index in [0.717, 1.165) is 12.8 Å². The van der Waals surface area contributed by atoms with E-state index in [1.807, 2.05) is 6.92 Å². The molecule has 0 amide bonds. The second-order valence-corrected chi connectivity index (χ2v) is 8.09. The Hall–Kier alpha value is 0.930. The van der Waals surface area contributed by atoms with Crippen molar-refractivity contribution < 1.29 is 9.53 Å². The molecule has 0 N–H and O–H groups in total. The Balaban J connectivity index is 2.62. The Bertz CT molecular complexity index is 156. The second kappa shape index (κ2) is 3.12. The maximum absolute atomic E-state index is 11.0. The van der Waals surface area contributed by atoms with Gasteiger partial charge in [-0.05, 0) is 6.42 Å². The zero-order valence-corrected chi connectivity index (χ0v) is 9.88.